The number of hydrogen-bond donors (Lipinski definition) is 1. The van der Waals surface area contributed by atoms with Crippen molar-refractivity contribution in [1.29, 1.82) is 0 Å². The topological polar surface area (TPSA) is 93.5 Å². The molecule has 2 heterocycles. The zero-order chi connectivity index (χ0) is 20.8. The monoisotopic (exact) mass is 398 g/mol. The van der Waals surface area contributed by atoms with Crippen LogP contribution < -0.4 is 5.32 Å². The standard InChI is InChI=1S/C21H26N4O4/c1-15-7-9-17(10-8-15)25-18(12-16(2)23-25)22-19(26)14-29-21(28)13-24-11-5-3-4-6-20(24)27/h7-10,12H,3-6,11,13-14H2,1-2H3,(H,22,26). The highest BCUT2D eigenvalue weighted by molar-refractivity contribution is 5.92. The van der Waals surface area contributed by atoms with Gasteiger partial charge in [0.1, 0.15) is 12.4 Å². The fourth-order valence-corrected chi connectivity index (χ4v) is 3.20. The first kappa shape index (κ1) is 20.6. The molecule has 1 N–H and O–H groups in total. The van der Waals surface area contributed by atoms with Gasteiger partial charge in [0.15, 0.2) is 6.61 Å². The summed E-state index contributed by atoms with van der Waals surface area (Å²) in [6.45, 7) is 3.84. The van der Waals surface area contributed by atoms with Gasteiger partial charge in [-0.15, -0.1) is 0 Å². The molecule has 0 aliphatic carbocycles. The van der Waals surface area contributed by atoms with Crippen LogP contribution in [0.5, 0.6) is 0 Å². The SMILES string of the molecule is Cc1ccc(-n2nc(C)cc2NC(=O)COC(=O)CN2CCCCCC2=O)cc1. The molecule has 0 unspecified atom stereocenters. The van der Waals surface area contributed by atoms with E-state index in [1.165, 1.54) is 4.90 Å². The Morgan fingerprint density at radius 3 is 2.66 bits per heavy atom. The Kier molecular flexibility index (Phi) is 6.64. The first-order valence-electron chi connectivity index (χ1n) is 9.79. The number of benzene rings is 1. The van der Waals surface area contributed by atoms with Crippen molar-refractivity contribution in [2.24, 2.45) is 0 Å². The van der Waals surface area contributed by atoms with Crippen molar-refractivity contribution in [2.45, 2.75) is 39.5 Å². The van der Waals surface area contributed by atoms with E-state index in [-0.39, 0.29) is 12.5 Å². The van der Waals surface area contributed by atoms with E-state index in [2.05, 4.69) is 10.4 Å². The fourth-order valence-electron chi connectivity index (χ4n) is 3.20. The molecule has 1 aliphatic heterocycles. The second-order valence-electron chi connectivity index (χ2n) is 7.25. The molecule has 2 aromatic rings. The lowest BCUT2D eigenvalue weighted by Gasteiger charge is -2.19. The van der Waals surface area contributed by atoms with Crippen molar-refractivity contribution in [1.82, 2.24) is 14.7 Å². The number of rotatable bonds is 6. The molecule has 1 saturated heterocycles. The first-order chi connectivity index (χ1) is 13.9. The maximum Gasteiger partial charge on any atom is 0.326 e. The molecule has 3 rings (SSSR count). The summed E-state index contributed by atoms with van der Waals surface area (Å²) in [5.41, 5.74) is 2.69. The van der Waals surface area contributed by atoms with Gasteiger partial charge in [-0.05, 0) is 38.8 Å². The van der Waals surface area contributed by atoms with Gasteiger partial charge in [-0.25, -0.2) is 4.68 Å². The summed E-state index contributed by atoms with van der Waals surface area (Å²) in [5.74, 6) is -0.594. The number of nitrogens with zero attached hydrogens (tertiary/aromatic N) is 3. The number of carbonyl (C=O) groups excluding carboxylic acids is 3. The molecule has 8 heteroatoms. The van der Waals surface area contributed by atoms with Gasteiger partial charge < -0.3 is 15.0 Å². The highest BCUT2D eigenvalue weighted by Gasteiger charge is 2.20. The van der Waals surface area contributed by atoms with Crippen LogP contribution in [0.3, 0.4) is 0 Å². The predicted octanol–water partition coefficient (Wildman–Crippen LogP) is 2.37. The number of aryl methyl sites for hydroxylation is 2. The molecule has 1 aromatic heterocycles. The van der Waals surface area contributed by atoms with E-state index in [0.29, 0.717) is 18.8 Å². The van der Waals surface area contributed by atoms with Crippen LogP contribution in [-0.2, 0) is 19.1 Å². The van der Waals surface area contributed by atoms with Crippen LogP contribution in [0.1, 0.15) is 36.9 Å². The lowest BCUT2D eigenvalue weighted by Crippen LogP contribution is -2.36. The molecule has 8 nitrogen and oxygen atoms in total. The van der Waals surface area contributed by atoms with Gasteiger partial charge in [0, 0.05) is 19.0 Å². The smallest absolute Gasteiger partial charge is 0.326 e. The van der Waals surface area contributed by atoms with Gasteiger partial charge in [-0.2, -0.15) is 5.10 Å². The number of amides is 2. The Hall–Kier alpha value is -3.16. The number of aromatic nitrogens is 2. The molecule has 29 heavy (non-hydrogen) atoms. The average molecular weight is 398 g/mol. The quantitative estimate of drug-likeness (QED) is 0.754. The van der Waals surface area contributed by atoms with Gasteiger partial charge in [0.2, 0.25) is 5.91 Å². The van der Waals surface area contributed by atoms with Crippen LogP contribution in [0.25, 0.3) is 5.69 Å². The minimum Gasteiger partial charge on any atom is -0.454 e. The number of anilines is 1. The van der Waals surface area contributed by atoms with Crippen molar-refractivity contribution in [3.63, 3.8) is 0 Å². The molecule has 0 saturated carbocycles. The summed E-state index contributed by atoms with van der Waals surface area (Å²) in [4.78, 5) is 37.8. The fraction of sp³-hybridized carbons (Fsp3) is 0.429. The highest BCUT2D eigenvalue weighted by Crippen LogP contribution is 2.17. The maximum atomic E-state index is 12.3. The van der Waals surface area contributed by atoms with Gasteiger partial charge in [0.25, 0.3) is 5.91 Å². The largest absolute Gasteiger partial charge is 0.454 e. The Labute approximate surface area is 169 Å². The second kappa shape index (κ2) is 9.36. The number of ether oxygens (including phenoxy) is 1. The van der Waals surface area contributed by atoms with Crippen molar-refractivity contribution >= 4 is 23.6 Å². The van der Waals surface area contributed by atoms with E-state index in [1.807, 2.05) is 38.1 Å². The molecule has 1 fully saturated rings. The second-order valence-corrected chi connectivity index (χ2v) is 7.25. The zero-order valence-corrected chi connectivity index (χ0v) is 16.8. The molecule has 0 atom stereocenters. The Morgan fingerprint density at radius 2 is 1.90 bits per heavy atom. The summed E-state index contributed by atoms with van der Waals surface area (Å²) in [6, 6.07) is 9.49. The number of esters is 1. The third-order valence-corrected chi connectivity index (χ3v) is 4.73. The van der Waals surface area contributed by atoms with Crippen LogP contribution in [-0.4, -0.2) is 52.2 Å². The predicted molar refractivity (Wildman–Crippen MR) is 108 cm³/mol. The Morgan fingerprint density at radius 1 is 1.14 bits per heavy atom. The third kappa shape index (κ3) is 5.66. The lowest BCUT2D eigenvalue weighted by molar-refractivity contribution is -0.151. The molecule has 1 aromatic carbocycles. The molecular weight excluding hydrogens is 372 g/mol. The van der Waals surface area contributed by atoms with Crippen molar-refractivity contribution in [3.8, 4) is 5.69 Å². The molecule has 2 amide bonds. The van der Waals surface area contributed by atoms with Gasteiger partial charge in [-0.1, -0.05) is 24.1 Å². The van der Waals surface area contributed by atoms with Gasteiger partial charge in [0.05, 0.1) is 11.4 Å². The molecule has 154 valence electrons. The molecule has 0 radical (unpaired) electrons. The molecule has 0 bridgehead atoms. The van der Waals surface area contributed by atoms with E-state index < -0.39 is 18.5 Å². The molecular formula is C21H26N4O4. The van der Waals surface area contributed by atoms with Crippen LogP contribution in [0, 0.1) is 13.8 Å². The van der Waals surface area contributed by atoms with E-state index in [4.69, 9.17) is 4.74 Å². The minimum absolute atomic E-state index is 0.0404. The number of hydrogen-bond acceptors (Lipinski definition) is 5. The summed E-state index contributed by atoms with van der Waals surface area (Å²) in [5, 5.41) is 7.13. The lowest BCUT2D eigenvalue weighted by atomic mass is 10.2. The van der Waals surface area contributed by atoms with E-state index in [1.54, 1.807) is 10.7 Å². The van der Waals surface area contributed by atoms with Crippen LogP contribution in [0.2, 0.25) is 0 Å². The number of likely N-dealkylation sites (tertiary alicyclic amines) is 1. The maximum absolute atomic E-state index is 12.3. The molecule has 1 aliphatic rings. The van der Waals surface area contributed by atoms with Crippen LogP contribution >= 0.6 is 0 Å². The summed E-state index contributed by atoms with van der Waals surface area (Å²) < 4.78 is 6.69. The Bertz CT molecular complexity index is 889. The minimum atomic E-state index is -0.585. The van der Waals surface area contributed by atoms with E-state index >= 15 is 0 Å². The molecule has 0 spiro atoms. The van der Waals surface area contributed by atoms with Gasteiger partial charge in [-0.3, -0.25) is 14.4 Å². The van der Waals surface area contributed by atoms with Crippen LogP contribution in [0.15, 0.2) is 30.3 Å². The van der Waals surface area contributed by atoms with E-state index in [0.717, 1.165) is 36.2 Å². The van der Waals surface area contributed by atoms with Crippen molar-refractivity contribution in [3.05, 3.63) is 41.6 Å². The third-order valence-electron chi connectivity index (χ3n) is 4.73. The van der Waals surface area contributed by atoms with Crippen molar-refractivity contribution in [2.75, 3.05) is 25.0 Å². The Balaban J connectivity index is 1.55. The average Bonchev–Trinajstić information content (AvgIpc) is 2.93. The summed E-state index contributed by atoms with van der Waals surface area (Å²) in [6.07, 6.45) is 3.16. The first-order valence-corrected chi connectivity index (χ1v) is 9.79. The zero-order valence-electron chi connectivity index (χ0n) is 16.8. The summed E-state index contributed by atoms with van der Waals surface area (Å²) in [7, 11) is 0. The number of nitrogens with one attached hydrogen (secondary N) is 1. The van der Waals surface area contributed by atoms with E-state index in [9.17, 15) is 14.4 Å². The van der Waals surface area contributed by atoms with Crippen LogP contribution in [0.4, 0.5) is 5.82 Å². The summed E-state index contributed by atoms with van der Waals surface area (Å²) >= 11 is 0. The normalized spacial score (nSPS) is 14.4. The number of carbonyl (C=O) groups is 3. The van der Waals surface area contributed by atoms with Gasteiger partial charge >= 0.3 is 5.97 Å². The van der Waals surface area contributed by atoms with Crippen molar-refractivity contribution < 1.29 is 19.1 Å². The highest BCUT2D eigenvalue weighted by atomic mass is 16.5.